The van der Waals surface area contributed by atoms with Crippen LogP contribution in [0.5, 0.6) is 0 Å². The summed E-state index contributed by atoms with van der Waals surface area (Å²) in [5.74, 6) is 0.0320. The molecule has 3 aromatic rings. The topological polar surface area (TPSA) is 117 Å². The van der Waals surface area contributed by atoms with Crippen molar-refractivity contribution in [3.05, 3.63) is 64.5 Å². The number of cyclic esters (lactones) is 1. The third-order valence-corrected chi connectivity index (χ3v) is 4.89. The van der Waals surface area contributed by atoms with Crippen molar-refractivity contribution < 1.29 is 22.7 Å². The lowest BCUT2D eigenvalue weighted by atomic mass is 10.0. The van der Waals surface area contributed by atoms with Crippen LogP contribution in [0.1, 0.15) is 5.56 Å². The second-order valence-electron chi connectivity index (χ2n) is 6.87. The minimum atomic E-state index is -4.53. The number of ether oxygens (including phenoxy) is 1. The first kappa shape index (κ1) is 20.3. The van der Waals surface area contributed by atoms with Gasteiger partial charge in [0.05, 0.1) is 24.3 Å². The number of amides is 1. The maximum Gasteiger partial charge on any atom is 0.417 e. The van der Waals surface area contributed by atoms with Crippen LogP contribution >= 0.6 is 0 Å². The molecule has 1 amide bonds. The van der Waals surface area contributed by atoms with E-state index >= 15 is 0 Å². The van der Waals surface area contributed by atoms with E-state index in [9.17, 15) is 18.0 Å². The van der Waals surface area contributed by atoms with Crippen LogP contribution in [0.2, 0.25) is 0 Å². The normalized spacial score (nSPS) is 16.3. The first-order chi connectivity index (χ1) is 14.8. The Labute approximate surface area is 173 Å². The Balaban J connectivity index is 1.72. The van der Waals surface area contributed by atoms with Crippen molar-refractivity contribution in [2.75, 3.05) is 23.7 Å². The molecule has 2 heterocycles. The SMILES string of the molecule is [N-]=[N+]=NCC1CN(c2ccc3cc(-c4ccccc4C(F)(F)F)nc(N)c3c2)C(=O)O1. The van der Waals surface area contributed by atoms with Gasteiger partial charge in [-0.25, -0.2) is 9.78 Å². The van der Waals surface area contributed by atoms with Gasteiger partial charge in [-0.3, -0.25) is 4.90 Å². The van der Waals surface area contributed by atoms with Crippen molar-refractivity contribution in [2.45, 2.75) is 12.3 Å². The van der Waals surface area contributed by atoms with Crippen molar-refractivity contribution in [3.63, 3.8) is 0 Å². The summed E-state index contributed by atoms with van der Waals surface area (Å²) in [7, 11) is 0. The number of benzene rings is 2. The van der Waals surface area contributed by atoms with Crippen molar-refractivity contribution in [1.29, 1.82) is 0 Å². The number of hydrogen-bond acceptors (Lipinski definition) is 5. The Morgan fingerprint density at radius 1 is 1.26 bits per heavy atom. The number of carbonyl (C=O) groups is 1. The summed E-state index contributed by atoms with van der Waals surface area (Å²) in [6.45, 7) is 0.200. The summed E-state index contributed by atoms with van der Waals surface area (Å²) < 4.78 is 45.3. The zero-order chi connectivity index (χ0) is 22.2. The van der Waals surface area contributed by atoms with Gasteiger partial charge in [-0.2, -0.15) is 13.2 Å². The van der Waals surface area contributed by atoms with Gasteiger partial charge in [0.2, 0.25) is 0 Å². The molecular weight excluding hydrogens is 413 g/mol. The van der Waals surface area contributed by atoms with E-state index in [1.54, 1.807) is 18.2 Å². The summed E-state index contributed by atoms with van der Waals surface area (Å²) in [6, 6.07) is 11.6. The molecule has 0 spiro atoms. The number of fused-ring (bicyclic) bond motifs is 1. The number of hydrogen-bond donors (Lipinski definition) is 1. The van der Waals surface area contributed by atoms with Gasteiger partial charge in [-0.05, 0) is 35.2 Å². The number of nitrogen functional groups attached to an aromatic ring is 1. The van der Waals surface area contributed by atoms with Crippen LogP contribution in [0.3, 0.4) is 0 Å². The van der Waals surface area contributed by atoms with E-state index in [4.69, 9.17) is 16.0 Å². The highest BCUT2D eigenvalue weighted by molar-refractivity contribution is 5.99. The van der Waals surface area contributed by atoms with Gasteiger partial charge in [-0.15, -0.1) is 0 Å². The second-order valence-corrected chi connectivity index (χ2v) is 6.87. The summed E-state index contributed by atoms with van der Waals surface area (Å²) >= 11 is 0. The Morgan fingerprint density at radius 2 is 2.03 bits per heavy atom. The number of rotatable bonds is 4. The van der Waals surface area contributed by atoms with Crippen LogP contribution in [0.15, 0.2) is 53.6 Å². The molecule has 11 heteroatoms. The molecule has 4 rings (SSSR count). The van der Waals surface area contributed by atoms with Crippen LogP contribution in [0.25, 0.3) is 32.5 Å². The van der Waals surface area contributed by atoms with Crippen molar-refractivity contribution in [3.8, 4) is 11.3 Å². The zero-order valence-electron chi connectivity index (χ0n) is 15.9. The maximum atomic E-state index is 13.4. The minimum Gasteiger partial charge on any atom is -0.444 e. The number of halogens is 3. The Hall–Kier alpha value is -3.98. The third-order valence-electron chi connectivity index (χ3n) is 4.89. The molecule has 2 aromatic carbocycles. The highest BCUT2D eigenvalue weighted by Crippen LogP contribution is 2.38. The summed E-state index contributed by atoms with van der Waals surface area (Å²) in [5.41, 5.74) is 14.2. The minimum absolute atomic E-state index is 0.0119. The molecule has 1 aliphatic rings. The average Bonchev–Trinajstić information content (AvgIpc) is 3.12. The molecule has 1 aromatic heterocycles. The summed E-state index contributed by atoms with van der Waals surface area (Å²) in [6.07, 6.45) is -5.70. The third kappa shape index (κ3) is 3.90. The number of nitrogens with zero attached hydrogens (tertiary/aromatic N) is 5. The van der Waals surface area contributed by atoms with E-state index in [1.165, 1.54) is 29.2 Å². The fraction of sp³-hybridized carbons (Fsp3) is 0.200. The van der Waals surface area contributed by atoms with Crippen molar-refractivity contribution >= 4 is 28.4 Å². The molecule has 158 valence electrons. The standard InChI is InChI=1S/C20H15F3N6O2/c21-20(22,23)16-4-2-1-3-14(16)17-7-11-5-6-12(8-15(11)18(24)27-17)29-10-13(9-26-28-25)31-19(29)30/h1-8,13H,9-10H2,(H2,24,27). The lowest BCUT2D eigenvalue weighted by Crippen LogP contribution is -2.25. The Morgan fingerprint density at radius 3 is 2.77 bits per heavy atom. The van der Waals surface area contributed by atoms with Crippen molar-refractivity contribution in [2.24, 2.45) is 5.11 Å². The van der Waals surface area contributed by atoms with Gasteiger partial charge in [0.25, 0.3) is 0 Å². The lowest BCUT2D eigenvalue weighted by Gasteiger charge is -2.16. The number of aromatic nitrogens is 1. The molecule has 2 N–H and O–H groups in total. The molecule has 0 saturated carbocycles. The van der Waals surface area contributed by atoms with E-state index in [-0.39, 0.29) is 30.2 Å². The summed E-state index contributed by atoms with van der Waals surface area (Å²) in [5, 5.41) is 4.46. The number of anilines is 2. The van der Waals surface area contributed by atoms with Crippen LogP contribution in [0.4, 0.5) is 29.5 Å². The van der Waals surface area contributed by atoms with E-state index in [0.717, 1.165) is 6.07 Å². The number of carbonyl (C=O) groups excluding carboxylic acids is 1. The van der Waals surface area contributed by atoms with E-state index < -0.39 is 23.9 Å². The molecule has 1 atom stereocenters. The first-order valence-electron chi connectivity index (χ1n) is 9.14. The lowest BCUT2D eigenvalue weighted by molar-refractivity contribution is -0.137. The van der Waals surface area contributed by atoms with Gasteiger partial charge < -0.3 is 10.5 Å². The molecule has 1 unspecified atom stereocenters. The van der Waals surface area contributed by atoms with Crippen LogP contribution in [-0.2, 0) is 10.9 Å². The van der Waals surface area contributed by atoms with Crippen LogP contribution in [0, 0.1) is 0 Å². The van der Waals surface area contributed by atoms with E-state index in [0.29, 0.717) is 16.5 Å². The van der Waals surface area contributed by atoms with E-state index in [2.05, 4.69) is 15.0 Å². The van der Waals surface area contributed by atoms with E-state index in [1.807, 2.05) is 0 Å². The van der Waals surface area contributed by atoms with Gasteiger partial charge in [-0.1, -0.05) is 29.4 Å². The van der Waals surface area contributed by atoms with Crippen LogP contribution in [-0.4, -0.2) is 30.3 Å². The van der Waals surface area contributed by atoms with Gasteiger partial charge in [0, 0.05) is 21.5 Å². The molecule has 1 aliphatic heterocycles. The maximum absolute atomic E-state index is 13.4. The molecule has 0 radical (unpaired) electrons. The molecule has 1 saturated heterocycles. The van der Waals surface area contributed by atoms with Crippen LogP contribution < -0.4 is 10.6 Å². The second kappa shape index (κ2) is 7.69. The highest BCUT2D eigenvalue weighted by Gasteiger charge is 2.34. The number of alkyl halides is 3. The molecule has 31 heavy (non-hydrogen) atoms. The molecule has 0 aliphatic carbocycles. The largest absolute Gasteiger partial charge is 0.444 e. The fourth-order valence-electron chi connectivity index (χ4n) is 3.48. The molecule has 8 nitrogen and oxygen atoms in total. The number of nitrogens with two attached hydrogens (primary N) is 1. The number of pyridine rings is 1. The zero-order valence-corrected chi connectivity index (χ0v) is 15.9. The predicted molar refractivity (Wildman–Crippen MR) is 108 cm³/mol. The quantitative estimate of drug-likeness (QED) is 0.352. The van der Waals surface area contributed by atoms with Gasteiger partial charge in [0.15, 0.2) is 0 Å². The van der Waals surface area contributed by atoms with Crippen molar-refractivity contribution in [1.82, 2.24) is 4.98 Å². The molecule has 1 fully saturated rings. The van der Waals surface area contributed by atoms with Gasteiger partial charge in [0.1, 0.15) is 11.9 Å². The summed E-state index contributed by atoms with van der Waals surface area (Å²) in [4.78, 5) is 20.3. The number of azide groups is 1. The van der Waals surface area contributed by atoms with Gasteiger partial charge >= 0.3 is 12.3 Å². The monoisotopic (exact) mass is 428 g/mol. The average molecular weight is 428 g/mol. The fourth-order valence-corrected chi connectivity index (χ4v) is 3.48. The first-order valence-corrected chi connectivity index (χ1v) is 9.14. The molecular formula is C20H15F3N6O2. The molecule has 0 bridgehead atoms. The Kier molecular flexibility index (Phi) is 5.04. The Bertz CT molecular complexity index is 1220. The predicted octanol–water partition coefficient (Wildman–Crippen LogP) is 5.14. The highest BCUT2D eigenvalue weighted by atomic mass is 19.4. The smallest absolute Gasteiger partial charge is 0.417 e.